The lowest BCUT2D eigenvalue weighted by atomic mass is 9.84. The van der Waals surface area contributed by atoms with Crippen LogP contribution in [0, 0.1) is 0 Å². The fraction of sp³-hybridized carbons (Fsp3) is 0.222. The van der Waals surface area contributed by atoms with Crippen molar-refractivity contribution in [2.24, 2.45) is 0 Å². The van der Waals surface area contributed by atoms with E-state index < -0.39 is 57.4 Å². The van der Waals surface area contributed by atoms with Crippen LogP contribution in [0.25, 0.3) is 34.4 Å². The van der Waals surface area contributed by atoms with E-state index in [-0.39, 0.29) is 33.4 Å². The minimum atomic E-state index is -4.67. The van der Waals surface area contributed by atoms with E-state index in [4.69, 9.17) is 9.97 Å². The van der Waals surface area contributed by atoms with Crippen molar-refractivity contribution < 1.29 is 45.5 Å². The molecule has 8 rings (SSSR count). The van der Waals surface area contributed by atoms with Gasteiger partial charge in [0.15, 0.2) is 0 Å². The van der Waals surface area contributed by atoms with Crippen LogP contribution in [0.5, 0.6) is 0 Å². The number of allylic oxidation sites excluding steroid dienone is 4. The molecule has 0 N–H and O–H groups in total. The van der Waals surface area contributed by atoms with Crippen LogP contribution in [-0.4, -0.2) is 33.1 Å². The minimum Gasteiger partial charge on any atom is -0.285 e. The molecule has 0 amide bonds. The zero-order valence-corrected chi connectivity index (χ0v) is 27.9. The number of benzene rings is 2. The van der Waals surface area contributed by atoms with Crippen molar-refractivity contribution in [3.05, 3.63) is 101 Å². The summed E-state index contributed by atoms with van der Waals surface area (Å²) in [4.78, 5) is 62.3. The predicted molar refractivity (Wildman–Crippen MR) is 174 cm³/mol. The molecule has 0 radical (unpaired) electrons. The molecular weight excluding hydrogens is 703 g/mol. The molecule has 2 aromatic heterocycles. The molecule has 0 aliphatic heterocycles. The van der Waals surface area contributed by atoms with Gasteiger partial charge in [0.1, 0.15) is 10.0 Å². The summed E-state index contributed by atoms with van der Waals surface area (Å²) in [7, 11) is 0. The molecule has 50 heavy (non-hydrogen) atoms. The van der Waals surface area contributed by atoms with Gasteiger partial charge in [-0.3, -0.25) is 19.2 Å². The Morgan fingerprint density at radius 2 is 0.920 bits per heavy atom. The summed E-state index contributed by atoms with van der Waals surface area (Å²) in [6.07, 6.45) is -6.64. The van der Waals surface area contributed by atoms with Gasteiger partial charge in [0.25, 0.3) is 0 Å². The van der Waals surface area contributed by atoms with Crippen LogP contribution < -0.4 is 0 Å². The summed E-state index contributed by atoms with van der Waals surface area (Å²) >= 11 is 2.48. The lowest BCUT2D eigenvalue weighted by Gasteiger charge is -2.21. The Morgan fingerprint density at radius 3 is 1.26 bits per heavy atom. The Hall–Kier alpha value is -4.82. The van der Waals surface area contributed by atoms with E-state index in [1.54, 1.807) is 0 Å². The highest BCUT2D eigenvalue weighted by Gasteiger charge is 2.54. The van der Waals surface area contributed by atoms with Gasteiger partial charge in [0.2, 0.25) is 23.1 Å². The highest BCUT2D eigenvalue weighted by Crippen LogP contribution is 2.64. The van der Waals surface area contributed by atoms with Crippen LogP contribution in [0.3, 0.4) is 0 Å². The van der Waals surface area contributed by atoms with E-state index in [9.17, 15) is 45.5 Å². The fourth-order valence-corrected chi connectivity index (χ4v) is 9.95. The lowest BCUT2D eigenvalue weighted by Crippen LogP contribution is -2.18. The number of alkyl halides is 6. The first-order valence-electron chi connectivity index (χ1n) is 15.0. The maximum atomic E-state index is 13.5. The first-order valence-corrected chi connectivity index (χ1v) is 16.7. The van der Waals surface area contributed by atoms with Gasteiger partial charge in [-0.2, -0.15) is 26.3 Å². The number of Topliss-reactive ketones (excluding diaryl/α,β-unsaturated/α-hetero) is 4. The average molecular weight is 723 g/mol. The Balaban J connectivity index is 1.21. The summed E-state index contributed by atoms with van der Waals surface area (Å²) in [5.41, 5.74) is -0.987. The molecule has 14 heteroatoms. The number of nitrogens with zero attached hydrogens (tertiary/aromatic N) is 2. The maximum Gasteiger partial charge on any atom is 0.416 e. The highest BCUT2D eigenvalue weighted by atomic mass is 32.1. The molecule has 0 unspecified atom stereocenters. The molecule has 0 bridgehead atoms. The molecule has 0 spiro atoms. The van der Waals surface area contributed by atoms with Gasteiger partial charge >= 0.3 is 12.4 Å². The van der Waals surface area contributed by atoms with E-state index in [0.717, 1.165) is 57.3 Å². The van der Waals surface area contributed by atoms with Gasteiger partial charge in [0.05, 0.1) is 32.3 Å². The van der Waals surface area contributed by atoms with Gasteiger partial charge in [0, 0.05) is 33.1 Å². The normalized spacial score (nSPS) is 20.3. The van der Waals surface area contributed by atoms with Crippen molar-refractivity contribution in [2.75, 3.05) is 0 Å². The second-order valence-corrected chi connectivity index (χ2v) is 15.5. The number of aromatic nitrogens is 2. The number of carbonyl (C=O) groups is 4. The molecule has 0 saturated carbocycles. The van der Waals surface area contributed by atoms with Crippen molar-refractivity contribution in [3.63, 3.8) is 0 Å². The molecule has 4 aliphatic carbocycles. The minimum absolute atomic E-state index is 0.0988. The van der Waals surface area contributed by atoms with Gasteiger partial charge in [-0.15, -0.1) is 22.7 Å². The zero-order chi connectivity index (χ0) is 36.0. The van der Waals surface area contributed by atoms with Crippen LogP contribution >= 0.6 is 22.7 Å². The summed E-state index contributed by atoms with van der Waals surface area (Å²) in [5.74, 6) is -3.60. The van der Waals surface area contributed by atoms with Crippen molar-refractivity contribution in [1.82, 2.24) is 9.97 Å². The highest BCUT2D eigenvalue weighted by molar-refractivity contribution is 7.15. The average Bonchev–Trinajstić information content (AvgIpc) is 3.82. The first-order chi connectivity index (χ1) is 23.2. The number of carbonyl (C=O) groups excluding carboxylic acids is 4. The Kier molecular flexibility index (Phi) is 6.42. The Bertz CT molecular complexity index is 2270. The maximum absolute atomic E-state index is 13.5. The van der Waals surface area contributed by atoms with Crippen LogP contribution in [0.15, 0.2) is 36.4 Å². The molecule has 4 aromatic rings. The van der Waals surface area contributed by atoms with Crippen LogP contribution in [-0.2, 0) is 32.8 Å². The van der Waals surface area contributed by atoms with Crippen molar-refractivity contribution >= 4 is 80.3 Å². The number of rotatable bonds is 2. The van der Waals surface area contributed by atoms with E-state index in [1.165, 1.54) is 34.8 Å². The number of thiazole rings is 2. The van der Waals surface area contributed by atoms with E-state index in [2.05, 4.69) is 0 Å². The van der Waals surface area contributed by atoms with Gasteiger partial charge in [-0.25, -0.2) is 9.97 Å². The third kappa shape index (κ3) is 4.33. The summed E-state index contributed by atoms with van der Waals surface area (Å²) < 4.78 is 80.9. The number of fused-ring (bicyclic) bond motifs is 6. The van der Waals surface area contributed by atoms with E-state index in [0.29, 0.717) is 21.4 Å². The summed E-state index contributed by atoms with van der Waals surface area (Å²) in [6.45, 7) is 7.77. The van der Waals surface area contributed by atoms with Crippen LogP contribution in [0.1, 0.15) is 102 Å². The van der Waals surface area contributed by atoms with Gasteiger partial charge in [-0.1, -0.05) is 27.7 Å². The summed E-state index contributed by atoms with van der Waals surface area (Å²) in [5, 5.41) is 0.670. The number of halogens is 6. The molecular formula is C36H20F6N2O4S2. The van der Waals surface area contributed by atoms with Crippen molar-refractivity contribution in [3.8, 4) is 0 Å². The number of hydrogen-bond acceptors (Lipinski definition) is 8. The molecule has 0 saturated heterocycles. The number of ketones is 4. The quantitative estimate of drug-likeness (QED) is 0.117. The fourth-order valence-electron chi connectivity index (χ4n) is 7.19. The van der Waals surface area contributed by atoms with Crippen LogP contribution in [0.4, 0.5) is 26.3 Å². The van der Waals surface area contributed by atoms with E-state index in [1.807, 2.05) is 27.7 Å². The summed E-state index contributed by atoms with van der Waals surface area (Å²) in [6, 6.07) is 5.16. The standard InChI is InChI=1S/C36H20F6N2O4S2/c1-33(2)23-24(30-31(33)43-21(50-30)11-19-17-9-13(35(37,38)39)5-7-15(17)25(45)27(19)47)34(3,4)32-29(23)49-22(44-32)12-20-18-10-14(36(40,41)42)6-8-16(18)26(46)28(20)48/h5-12H,1-4H3/b19-11-,20-12-. The third-order valence-corrected chi connectivity index (χ3v) is 11.7. The topological polar surface area (TPSA) is 94.1 Å². The lowest BCUT2D eigenvalue weighted by molar-refractivity contribution is -0.138. The molecule has 2 aromatic carbocycles. The molecule has 4 aliphatic rings. The molecule has 0 fully saturated rings. The van der Waals surface area contributed by atoms with Gasteiger partial charge in [-0.05, 0) is 70.8 Å². The van der Waals surface area contributed by atoms with Crippen molar-refractivity contribution in [2.45, 2.75) is 50.9 Å². The smallest absolute Gasteiger partial charge is 0.285 e. The first kappa shape index (κ1) is 32.4. The van der Waals surface area contributed by atoms with E-state index >= 15 is 0 Å². The predicted octanol–water partition coefficient (Wildman–Crippen LogP) is 8.74. The largest absolute Gasteiger partial charge is 0.416 e. The molecule has 252 valence electrons. The monoisotopic (exact) mass is 722 g/mol. The SMILES string of the molecule is CC1(C)C2=C(c3sc(/C=C4\C(=O)C(=O)c5ccc(C(F)(F)F)cc54)nc31)C(C)(C)c1nc(/C=C3\C(=O)C(=O)c4ccc(C(F)(F)F)cc43)sc12. The molecule has 0 atom stereocenters. The molecule has 6 nitrogen and oxygen atoms in total. The molecule has 2 heterocycles. The van der Waals surface area contributed by atoms with Crippen molar-refractivity contribution in [1.29, 1.82) is 0 Å². The van der Waals surface area contributed by atoms with Crippen LogP contribution in [0.2, 0.25) is 0 Å². The third-order valence-electron chi connectivity index (χ3n) is 9.63. The zero-order valence-electron chi connectivity index (χ0n) is 26.2. The second-order valence-electron chi connectivity index (χ2n) is 13.4. The Labute approximate surface area is 286 Å². The number of hydrogen-bond donors (Lipinski definition) is 0. The van der Waals surface area contributed by atoms with Gasteiger partial charge < -0.3 is 0 Å². The Morgan fingerprint density at radius 1 is 0.560 bits per heavy atom. The second kappa shape index (κ2) is 9.91.